The van der Waals surface area contributed by atoms with Crippen molar-refractivity contribution in [3.63, 3.8) is 0 Å². The van der Waals surface area contributed by atoms with Gasteiger partial charge in [0.1, 0.15) is 12.4 Å². The molecular weight excluding hydrogens is 560 g/mol. The number of fused-ring (bicyclic) bond motifs is 6. The molecule has 0 fully saturated rings. The summed E-state index contributed by atoms with van der Waals surface area (Å²) in [6.45, 7) is 0.584. The number of anilines is 2. The van der Waals surface area contributed by atoms with Crippen LogP contribution in [0, 0.1) is 0 Å². The summed E-state index contributed by atoms with van der Waals surface area (Å²) >= 11 is 0. The summed E-state index contributed by atoms with van der Waals surface area (Å²) in [5, 5.41) is 6.21. The summed E-state index contributed by atoms with van der Waals surface area (Å²) in [6, 6.07) is 58.2. The van der Waals surface area contributed by atoms with Crippen LogP contribution in [-0.2, 0) is 6.61 Å². The summed E-state index contributed by atoms with van der Waals surface area (Å²) in [6.07, 6.45) is 0. The summed E-state index contributed by atoms with van der Waals surface area (Å²) in [5.41, 5.74) is 13.8. The zero-order valence-corrected chi connectivity index (χ0v) is 25.2. The van der Waals surface area contributed by atoms with E-state index in [9.17, 15) is 0 Å². The van der Waals surface area contributed by atoms with Crippen LogP contribution >= 0.6 is 0 Å². The first-order valence-electron chi connectivity index (χ1n) is 15.7. The number of nitrogens with one attached hydrogen (secondary N) is 1. The minimum absolute atomic E-state index is 0.584. The summed E-state index contributed by atoms with van der Waals surface area (Å²) in [7, 11) is 0. The lowest BCUT2D eigenvalue weighted by molar-refractivity contribution is 0.303. The fourth-order valence-electron chi connectivity index (χ4n) is 6.98. The molecule has 3 heteroatoms. The molecule has 0 amide bonds. The second-order valence-electron chi connectivity index (χ2n) is 11.8. The highest BCUT2D eigenvalue weighted by atomic mass is 16.5. The molecule has 0 saturated carbocycles. The predicted octanol–water partition coefficient (Wildman–Crippen LogP) is 11.4. The van der Waals surface area contributed by atoms with Crippen molar-refractivity contribution in [2.45, 2.75) is 6.61 Å². The van der Waals surface area contributed by atoms with Gasteiger partial charge in [-0.15, -0.1) is 0 Å². The Balaban J connectivity index is 1.08. The molecule has 1 aliphatic rings. The van der Waals surface area contributed by atoms with Gasteiger partial charge >= 0.3 is 0 Å². The van der Waals surface area contributed by atoms with Crippen LogP contribution in [0.2, 0.25) is 0 Å². The number of para-hydroxylation sites is 4. The van der Waals surface area contributed by atoms with Crippen molar-refractivity contribution in [1.29, 1.82) is 0 Å². The average molecular weight is 591 g/mol. The number of hydrogen-bond acceptors (Lipinski definition) is 2. The Kier molecular flexibility index (Phi) is 6.20. The van der Waals surface area contributed by atoms with Crippen molar-refractivity contribution in [2.75, 3.05) is 5.32 Å². The normalized spacial score (nSPS) is 12.0. The van der Waals surface area contributed by atoms with E-state index in [1.165, 1.54) is 38.5 Å². The molecule has 3 nitrogen and oxygen atoms in total. The molecule has 0 aliphatic carbocycles. The second kappa shape index (κ2) is 10.8. The van der Waals surface area contributed by atoms with Gasteiger partial charge in [-0.25, -0.2) is 0 Å². The molecule has 0 saturated heterocycles. The van der Waals surface area contributed by atoms with Crippen molar-refractivity contribution < 1.29 is 4.74 Å². The average Bonchev–Trinajstić information content (AvgIpc) is 3.46. The van der Waals surface area contributed by atoms with Crippen molar-refractivity contribution in [2.24, 2.45) is 0 Å². The third-order valence-corrected chi connectivity index (χ3v) is 9.06. The maximum Gasteiger partial charge on any atom is 0.135 e. The van der Waals surface area contributed by atoms with Gasteiger partial charge in [0.2, 0.25) is 0 Å². The Labute approximate surface area is 268 Å². The predicted molar refractivity (Wildman–Crippen MR) is 191 cm³/mol. The lowest BCUT2D eigenvalue weighted by Gasteiger charge is -2.23. The monoisotopic (exact) mass is 590 g/mol. The first-order chi connectivity index (χ1) is 22.8. The van der Waals surface area contributed by atoms with Crippen molar-refractivity contribution >= 4 is 33.2 Å². The molecule has 46 heavy (non-hydrogen) atoms. The smallest absolute Gasteiger partial charge is 0.135 e. The molecule has 7 aromatic carbocycles. The fraction of sp³-hybridized carbons (Fsp3) is 0.0233. The van der Waals surface area contributed by atoms with Crippen LogP contribution in [0.15, 0.2) is 164 Å². The third-order valence-electron chi connectivity index (χ3n) is 9.06. The molecular formula is C43H30N2O. The van der Waals surface area contributed by atoms with Crippen LogP contribution in [0.1, 0.15) is 5.56 Å². The van der Waals surface area contributed by atoms with Gasteiger partial charge in [0.05, 0.1) is 16.7 Å². The maximum absolute atomic E-state index is 6.33. The Morgan fingerprint density at radius 3 is 1.74 bits per heavy atom. The van der Waals surface area contributed by atoms with Crippen LogP contribution in [0.25, 0.3) is 60.9 Å². The van der Waals surface area contributed by atoms with E-state index in [4.69, 9.17) is 4.74 Å². The third kappa shape index (κ3) is 4.36. The van der Waals surface area contributed by atoms with E-state index in [1.807, 2.05) is 0 Å². The number of ether oxygens (including phenoxy) is 1. The lowest BCUT2D eigenvalue weighted by Crippen LogP contribution is -2.06. The minimum Gasteiger partial charge on any atom is -0.488 e. The standard InChI is InChI=1S/C43H30N2O/c1-2-17-34-31(12-1)28-46-43-36(21-11-22-39(34)43)30-14-10-16-33(27-30)44-32-15-9-13-29(26-32)35-18-3-6-23-40(35)45-41-24-7-4-19-37(41)38-20-5-8-25-42(38)45/h1-27,44H,28H2. The Hall–Kier alpha value is -6.06. The molecule has 9 rings (SSSR count). The lowest BCUT2D eigenvalue weighted by atomic mass is 9.92. The minimum atomic E-state index is 0.584. The maximum atomic E-state index is 6.33. The fourth-order valence-corrected chi connectivity index (χ4v) is 6.98. The zero-order valence-electron chi connectivity index (χ0n) is 25.2. The summed E-state index contributed by atoms with van der Waals surface area (Å²) in [4.78, 5) is 0. The van der Waals surface area contributed by atoms with Crippen LogP contribution in [0.5, 0.6) is 5.75 Å². The van der Waals surface area contributed by atoms with Crippen molar-refractivity contribution in [1.82, 2.24) is 4.57 Å². The van der Waals surface area contributed by atoms with Crippen molar-refractivity contribution in [3.05, 3.63) is 169 Å². The Morgan fingerprint density at radius 2 is 1.00 bits per heavy atom. The van der Waals surface area contributed by atoms with Crippen LogP contribution in [-0.4, -0.2) is 4.57 Å². The van der Waals surface area contributed by atoms with Gasteiger partial charge in [-0.3, -0.25) is 0 Å². The molecule has 0 spiro atoms. The number of hydrogen-bond donors (Lipinski definition) is 1. The van der Waals surface area contributed by atoms with E-state index in [2.05, 4.69) is 174 Å². The highest BCUT2D eigenvalue weighted by Gasteiger charge is 2.20. The van der Waals surface area contributed by atoms with Gasteiger partial charge in [-0.1, -0.05) is 121 Å². The number of benzene rings is 7. The van der Waals surface area contributed by atoms with E-state index >= 15 is 0 Å². The Bertz CT molecular complexity index is 2360. The van der Waals surface area contributed by atoms with Gasteiger partial charge in [0.15, 0.2) is 0 Å². The number of rotatable bonds is 5. The van der Waals surface area contributed by atoms with Crippen LogP contribution in [0.3, 0.4) is 0 Å². The summed E-state index contributed by atoms with van der Waals surface area (Å²) in [5.74, 6) is 0.946. The topological polar surface area (TPSA) is 26.2 Å². The SMILES string of the molecule is c1cc(Nc2cccc(-c3cccc4c3OCc3ccccc3-4)c2)cc(-c2ccccc2-n2c3ccccc3c3ccccc32)c1. The first kappa shape index (κ1) is 26.4. The van der Waals surface area contributed by atoms with Gasteiger partial charge in [0, 0.05) is 38.8 Å². The molecule has 1 aliphatic heterocycles. The number of aromatic nitrogens is 1. The Morgan fingerprint density at radius 1 is 0.457 bits per heavy atom. The van der Waals surface area contributed by atoms with E-state index in [-0.39, 0.29) is 0 Å². The molecule has 1 N–H and O–H groups in total. The highest BCUT2D eigenvalue weighted by molar-refractivity contribution is 6.09. The molecule has 0 atom stereocenters. The van der Waals surface area contributed by atoms with Gasteiger partial charge in [-0.2, -0.15) is 0 Å². The molecule has 0 radical (unpaired) electrons. The zero-order chi connectivity index (χ0) is 30.5. The second-order valence-corrected chi connectivity index (χ2v) is 11.8. The highest BCUT2D eigenvalue weighted by Crippen LogP contribution is 2.44. The summed E-state index contributed by atoms with van der Waals surface area (Å²) < 4.78 is 8.72. The molecule has 2 heterocycles. The van der Waals surface area contributed by atoms with Gasteiger partial charge in [-0.05, 0) is 64.7 Å². The van der Waals surface area contributed by atoms with Crippen molar-refractivity contribution in [3.8, 4) is 44.8 Å². The van der Waals surface area contributed by atoms with Crippen LogP contribution < -0.4 is 10.1 Å². The largest absolute Gasteiger partial charge is 0.488 e. The van der Waals surface area contributed by atoms with Crippen LogP contribution in [0.4, 0.5) is 11.4 Å². The van der Waals surface area contributed by atoms with Gasteiger partial charge < -0.3 is 14.6 Å². The molecule has 0 bridgehead atoms. The molecule has 8 aromatic rings. The van der Waals surface area contributed by atoms with E-state index in [0.29, 0.717) is 6.61 Å². The van der Waals surface area contributed by atoms with E-state index in [0.717, 1.165) is 45.1 Å². The van der Waals surface area contributed by atoms with Gasteiger partial charge in [0.25, 0.3) is 0 Å². The molecule has 0 unspecified atom stereocenters. The first-order valence-corrected chi connectivity index (χ1v) is 15.7. The van der Waals surface area contributed by atoms with E-state index in [1.54, 1.807) is 0 Å². The molecule has 218 valence electrons. The van der Waals surface area contributed by atoms with E-state index < -0.39 is 0 Å². The quantitative estimate of drug-likeness (QED) is 0.216. The molecule has 1 aromatic heterocycles. The number of nitrogens with zero attached hydrogens (tertiary/aromatic N) is 1.